The highest BCUT2D eigenvalue weighted by Crippen LogP contribution is 2.36. The fourth-order valence-corrected chi connectivity index (χ4v) is 4.06. The number of aliphatic imine (C=N–C) groups is 1. The molecule has 5 nitrogen and oxygen atoms in total. The molecule has 0 bridgehead atoms. The Morgan fingerprint density at radius 2 is 2.18 bits per heavy atom. The lowest BCUT2D eigenvalue weighted by molar-refractivity contribution is -0.115. The van der Waals surface area contributed by atoms with Crippen LogP contribution in [-0.2, 0) is 4.79 Å². The number of amides is 1. The van der Waals surface area contributed by atoms with Crippen LogP contribution in [0.5, 0.6) is 11.5 Å². The van der Waals surface area contributed by atoms with Crippen molar-refractivity contribution in [2.75, 3.05) is 37.6 Å². The van der Waals surface area contributed by atoms with Crippen molar-refractivity contribution in [3.05, 3.63) is 17.2 Å². The van der Waals surface area contributed by atoms with Gasteiger partial charge in [-0.1, -0.05) is 35.1 Å². The molecule has 1 aliphatic rings. The molecule has 2 rings (SSSR count). The minimum absolute atomic E-state index is 0.0874. The molecule has 0 saturated heterocycles. The maximum absolute atomic E-state index is 12.0. The van der Waals surface area contributed by atoms with Gasteiger partial charge < -0.3 is 14.8 Å². The molecule has 0 radical (unpaired) electrons. The fourth-order valence-electron chi connectivity index (χ4n) is 1.80. The van der Waals surface area contributed by atoms with E-state index in [1.807, 2.05) is 0 Å². The van der Waals surface area contributed by atoms with Crippen molar-refractivity contribution in [1.82, 2.24) is 0 Å². The molecule has 0 atom stereocenters. The molecule has 0 unspecified atom stereocenters. The fraction of sp³-hybridized carbons (Fsp3) is 0.429. The van der Waals surface area contributed by atoms with Crippen molar-refractivity contribution in [2.24, 2.45) is 4.99 Å². The van der Waals surface area contributed by atoms with Gasteiger partial charge in [0.05, 0.1) is 31.5 Å². The lowest BCUT2D eigenvalue weighted by atomic mass is 10.2. The maximum atomic E-state index is 12.0. The topological polar surface area (TPSA) is 59.9 Å². The maximum Gasteiger partial charge on any atom is 0.225 e. The van der Waals surface area contributed by atoms with E-state index in [0.29, 0.717) is 34.4 Å². The Morgan fingerprint density at radius 1 is 1.41 bits per heavy atom. The molecule has 1 aromatic carbocycles. The average Bonchev–Trinajstić information content (AvgIpc) is 3.01. The minimum atomic E-state index is -0.0874. The number of benzene rings is 1. The number of carbonyl (C=O) groups is 1. The molecule has 8 heteroatoms. The van der Waals surface area contributed by atoms with E-state index in [-0.39, 0.29) is 5.91 Å². The normalized spacial score (nSPS) is 13.7. The van der Waals surface area contributed by atoms with E-state index in [9.17, 15) is 4.79 Å². The number of thioether (sulfide) groups is 2. The SMILES string of the molecule is COc1cc(OC)c(NC(=O)CCSC2=NCCS2)cc1Cl. The lowest BCUT2D eigenvalue weighted by Gasteiger charge is -2.13. The van der Waals surface area contributed by atoms with Gasteiger partial charge in [0.1, 0.15) is 15.9 Å². The number of hydrogen-bond acceptors (Lipinski definition) is 6. The number of anilines is 1. The van der Waals surface area contributed by atoms with Gasteiger partial charge in [-0.3, -0.25) is 9.79 Å². The first-order valence-electron chi connectivity index (χ1n) is 6.65. The molecule has 1 N–H and O–H groups in total. The van der Waals surface area contributed by atoms with Gasteiger partial charge in [-0.25, -0.2) is 0 Å². The predicted octanol–water partition coefficient (Wildman–Crippen LogP) is 3.52. The van der Waals surface area contributed by atoms with Gasteiger partial charge in [0.25, 0.3) is 0 Å². The molecule has 1 amide bonds. The highest BCUT2D eigenvalue weighted by Gasteiger charge is 2.13. The van der Waals surface area contributed by atoms with Gasteiger partial charge >= 0.3 is 0 Å². The van der Waals surface area contributed by atoms with Crippen molar-refractivity contribution in [3.8, 4) is 11.5 Å². The van der Waals surface area contributed by atoms with Crippen LogP contribution in [0, 0.1) is 0 Å². The van der Waals surface area contributed by atoms with Gasteiger partial charge in [0, 0.05) is 24.0 Å². The number of nitrogens with zero attached hydrogens (tertiary/aromatic N) is 1. The van der Waals surface area contributed by atoms with E-state index in [0.717, 1.165) is 16.7 Å². The molecule has 0 fully saturated rings. The predicted molar refractivity (Wildman–Crippen MR) is 95.0 cm³/mol. The Balaban J connectivity index is 1.91. The van der Waals surface area contributed by atoms with Crippen molar-refractivity contribution >= 4 is 51.1 Å². The molecule has 0 aromatic heterocycles. The van der Waals surface area contributed by atoms with E-state index in [4.69, 9.17) is 21.1 Å². The van der Waals surface area contributed by atoms with Gasteiger partial charge in [-0.15, -0.1) is 0 Å². The second-order valence-corrected chi connectivity index (χ2v) is 7.16. The van der Waals surface area contributed by atoms with Crippen LogP contribution >= 0.6 is 35.1 Å². The Hall–Kier alpha value is -1.05. The summed E-state index contributed by atoms with van der Waals surface area (Å²) in [6, 6.07) is 3.28. The Bertz CT molecular complexity index is 581. The van der Waals surface area contributed by atoms with Gasteiger partial charge in [0.2, 0.25) is 5.91 Å². The number of rotatable bonds is 6. The third-order valence-electron chi connectivity index (χ3n) is 2.86. The summed E-state index contributed by atoms with van der Waals surface area (Å²) in [6.07, 6.45) is 0.400. The van der Waals surface area contributed by atoms with Crippen LogP contribution in [0.4, 0.5) is 5.69 Å². The monoisotopic (exact) mass is 360 g/mol. The van der Waals surface area contributed by atoms with E-state index in [2.05, 4.69) is 10.3 Å². The summed E-state index contributed by atoms with van der Waals surface area (Å²) in [7, 11) is 3.06. The molecule has 1 aliphatic heterocycles. The summed E-state index contributed by atoms with van der Waals surface area (Å²) in [6.45, 7) is 0.876. The zero-order valence-corrected chi connectivity index (χ0v) is 14.7. The number of halogens is 1. The van der Waals surface area contributed by atoms with E-state index in [1.165, 1.54) is 14.2 Å². The van der Waals surface area contributed by atoms with Crippen LogP contribution in [-0.4, -0.2) is 42.6 Å². The molecule has 22 heavy (non-hydrogen) atoms. The standard InChI is InChI=1S/C14H17ClN2O3S2/c1-19-11-8-12(20-2)10(7-9(11)15)17-13(18)3-5-21-14-16-4-6-22-14/h7-8H,3-6H2,1-2H3,(H,17,18). The average molecular weight is 361 g/mol. The highest BCUT2D eigenvalue weighted by molar-refractivity contribution is 8.39. The summed E-state index contributed by atoms with van der Waals surface area (Å²) < 4.78 is 11.4. The molecule has 1 aromatic rings. The first-order chi connectivity index (χ1) is 10.6. The van der Waals surface area contributed by atoms with Crippen LogP contribution in [0.25, 0.3) is 0 Å². The van der Waals surface area contributed by atoms with Crippen LogP contribution in [0.15, 0.2) is 17.1 Å². The second kappa shape index (κ2) is 8.55. The van der Waals surface area contributed by atoms with Gasteiger partial charge in [-0.2, -0.15) is 0 Å². The Labute approximate surface area is 143 Å². The van der Waals surface area contributed by atoms with E-state index >= 15 is 0 Å². The highest BCUT2D eigenvalue weighted by atomic mass is 35.5. The van der Waals surface area contributed by atoms with E-state index in [1.54, 1.807) is 35.7 Å². The number of ether oxygens (including phenoxy) is 2. The third kappa shape index (κ3) is 4.72. The zero-order chi connectivity index (χ0) is 15.9. The molecule has 0 aliphatic carbocycles. The van der Waals surface area contributed by atoms with Crippen LogP contribution < -0.4 is 14.8 Å². The molecule has 120 valence electrons. The summed E-state index contributed by atoms with van der Waals surface area (Å²) in [5.41, 5.74) is 0.538. The smallest absolute Gasteiger partial charge is 0.225 e. The second-order valence-electron chi connectivity index (χ2n) is 4.33. The number of methoxy groups -OCH3 is 2. The molecular weight excluding hydrogens is 344 g/mol. The quantitative estimate of drug-likeness (QED) is 0.841. The molecule has 0 spiro atoms. The summed E-state index contributed by atoms with van der Waals surface area (Å²) in [5, 5.41) is 3.24. The molecule has 1 heterocycles. The largest absolute Gasteiger partial charge is 0.495 e. The summed E-state index contributed by atoms with van der Waals surface area (Å²) >= 11 is 9.43. The van der Waals surface area contributed by atoms with Crippen molar-refractivity contribution < 1.29 is 14.3 Å². The number of carbonyl (C=O) groups excluding carboxylic acids is 1. The van der Waals surface area contributed by atoms with E-state index < -0.39 is 0 Å². The first kappa shape index (κ1) is 17.3. The minimum Gasteiger partial charge on any atom is -0.495 e. The van der Waals surface area contributed by atoms with Crippen molar-refractivity contribution in [2.45, 2.75) is 6.42 Å². The lowest BCUT2D eigenvalue weighted by Crippen LogP contribution is -2.13. The molecule has 0 saturated carbocycles. The number of nitrogens with one attached hydrogen (secondary N) is 1. The van der Waals surface area contributed by atoms with Crippen molar-refractivity contribution in [3.63, 3.8) is 0 Å². The first-order valence-corrected chi connectivity index (χ1v) is 9.00. The third-order valence-corrected chi connectivity index (χ3v) is 5.41. The Morgan fingerprint density at radius 3 is 2.82 bits per heavy atom. The summed E-state index contributed by atoms with van der Waals surface area (Å²) in [5.74, 6) is 2.66. The van der Waals surface area contributed by atoms with Gasteiger partial charge in [0.15, 0.2) is 0 Å². The molecular formula is C14H17ClN2O3S2. The van der Waals surface area contributed by atoms with Crippen LogP contribution in [0.1, 0.15) is 6.42 Å². The zero-order valence-electron chi connectivity index (χ0n) is 12.3. The van der Waals surface area contributed by atoms with Crippen molar-refractivity contribution in [1.29, 1.82) is 0 Å². The number of hydrogen-bond donors (Lipinski definition) is 1. The Kier molecular flexibility index (Phi) is 6.72. The van der Waals surface area contributed by atoms with Crippen LogP contribution in [0.2, 0.25) is 5.02 Å². The summed E-state index contributed by atoms with van der Waals surface area (Å²) in [4.78, 5) is 16.4. The van der Waals surface area contributed by atoms with Crippen LogP contribution in [0.3, 0.4) is 0 Å². The van der Waals surface area contributed by atoms with Gasteiger partial charge in [-0.05, 0) is 6.07 Å².